The summed E-state index contributed by atoms with van der Waals surface area (Å²) in [6.07, 6.45) is -6.25. The Labute approximate surface area is 201 Å². The highest BCUT2D eigenvalue weighted by molar-refractivity contribution is 7.14. The SMILES string of the molecule is FC(F)(F)Cn1ncc2ncc(N3CCCC(F)(c4nnc(-c5cccc(C(F)(F)F)n5)s4)C3)nc21. The monoisotopic (exact) mass is 532 g/mol. The molecule has 1 atom stereocenters. The van der Waals surface area contributed by atoms with Crippen LogP contribution in [0.5, 0.6) is 0 Å². The van der Waals surface area contributed by atoms with E-state index in [0.717, 1.165) is 23.6 Å². The fourth-order valence-electron chi connectivity index (χ4n) is 3.88. The largest absolute Gasteiger partial charge is 0.433 e. The van der Waals surface area contributed by atoms with E-state index in [1.165, 1.54) is 23.2 Å². The van der Waals surface area contributed by atoms with Crippen LogP contribution in [0.3, 0.4) is 0 Å². The van der Waals surface area contributed by atoms with Crippen LogP contribution in [-0.4, -0.2) is 54.2 Å². The van der Waals surface area contributed by atoms with Crippen LogP contribution in [0.4, 0.5) is 36.6 Å². The number of alkyl halides is 7. The van der Waals surface area contributed by atoms with Gasteiger partial charge in [-0.15, -0.1) is 10.2 Å². The minimum Gasteiger partial charge on any atom is -0.352 e. The molecule has 5 rings (SSSR count). The third kappa shape index (κ3) is 4.81. The van der Waals surface area contributed by atoms with E-state index in [1.54, 1.807) is 0 Å². The van der Waals surface area contributed by atoms with Gasteiger partial charge >= 0.3 is 12.4 Å². The quantitative estimate of drug-likeness (QED) is 0.350. The van der Waals surface area contributed by atoms with Crippen LogP contribution in [0.25, 0.3) is 21.9 Å². The fourth-order valence-corrected chi connectivity index (χ4v) is 4.79. The van der Waals surface area contributed by atoms with Crippen molar-refractivity contribution in [3.8, 4) is 10.7 Å². The van der Waals surface area contributed by atoms with Gasteiger partial charge in [-0.05, 0) is 25.0 Å². The first-order valence-electron chi connectivity index (χ1n) is 10.5. The zero-order chi connectivity index (χ0) is 25.7. The van der Waals surface area contributed by atoms with Crippen molar-refractivity contribution in [2.45, 2.75) is 37.4 Å². The van der Waals surface area contributed by atoms with Crippen molar-refractivity contribution in [2.24, 2.45) is 0 Å². The van der Waals surface area contributed by atoms with Crippen LogP contribution in [-0.2, 0) is 18.4 Å². The molecule has 190 valence electrons. The Morgan fingerprint density at radius 2 is 1.83 bits per heavy atom. The van der Waals surface area contributed by atoms with E-state index in [9.17, 15) is 26.3 Å². The van der Waals surface area contributed by atoms with Gasteiger partial charge in [0.15, 0.2) is 21.3 Å². The Balaban J connectivity index is 1.40. The highest BCUT2D eigenvalue weighted by Gasteiger charge is 2.42. The maximum absolute atomic E-state index is 16.0. The Morgan fingerprint density at radius 1 is 1.03 bits per heavy atom. The summed E-state index contributed by atoms with van der Waals surface area (Å²) in [5.41, 5.74) is -3.13. The molecule has 1 aliphatic rings. The third-order valence-corrected chi connectivity index (χ3v) is 6.62. The number of nitrogens with zero attached hydrogens (tertiary/aromatic N) is 8. The molecule has 1 aliphatic heterocycles. The molecule has 0 radical (unpaired) electrons. The molecular formula is C20H15F7N8S. The van der Waals surface area contributed by atoms with E-state index in [1.807, 2.05) is 0 Å². The Bertz CT molecular complexity index is 1400. The van der Waals surface area contributed by atoms with Crippen molar-refractivity contribution in [3.05, 3.63) is 41.3 Å². The first-order valence-corrected chi connectivity index (χ1v) is 11.3. The summed E-state index contributed by atoms with van der Waals surface area (Å²) in [5, 5.41) is 11.4. The summed E-state index contributed by atoms with van der Waals surface area (Å²) in [6, 6.07) is 3.32. The first kappa shape index (κ1) is 24.3. The second-order valence-corrected chi connectivity index (χ2v) is 9.14. The summed E-state index contributed by atoms with van der Waals surface area (Å²) in [6.45, 7) is -1.23. The summed E-state index contributed by atoms with van der Waals surface area (Å²) in [7, 11) is 0. The van der Waals surface area contributed by atoms with E-state index in [2.05, 4.69) is 30.2 Å². The van der Waals surface area contributed by atoms with Gasteiger partial charge in [-0.2, -0.15) is 31.4 Å². The molecule has 16 heteroatoms. The maximum Gasteiger partial charge on any atom is 0.433 e. The first-order chi connectivity index (χ1) is 16.9. The van der Waals surface area contributed by atoms with Crippen molar-refractivity contribution in [3.63, 3.8) is 0 Å². The Kier molecular flexibility index (Phi) is 5.80. The fraction of sp³-hybridized carbons (Fsp3) is 0.400. The van der Waals surface area contributed by atoms with Crippen molar-refractivity contribution in [2.75, 3.05) is 18.0 Å². The molecule has 1 unspecified atom stereocenters. The molecule has 1 fully saturated rings. The standard InChI is InChI=1S/C20H15F7N8S/c21-18(17-33-32-16(36-17)11-3-1-4-13(30-11)20(25,26)27)5-2-6-34(9-18)14-8-28-12-7-29-35(15(12)31-14)10-19(22,23)24/h1,3-4,7-8H,2,5-6,9-10H2. The van der Waals surface area contributed by atoms with Crippen molar-refractivity contribution in [1.29, 1.82) is 0 Å². The predicted octanol–water partition coefficient (Wildman–Crippen LogP) is 4.79. The minimum atomic E-state index is -4.65. The number of halogens is 7. The number of fused-ring (bicyclic) bond motifs is 1. The highest BCUT2D eigenvalue weighted by Crippen LogP contribution is 2.40. The van der Waals surface area contributed by atoms with Crippen LogP contribution in [0, 0.1) is 0 Å². The molecule has 0 saturated carbocycles. The van der Waals surface area contributed by atoms with Crippen LogP contribution < -0.4 is 4.90 Å². The Hall–Kier alpha value is -3.43. The van der Waals surface area contributed by atoms with Gasteiger partial charge < -0.3 is 4.90 Å². The van der Waals surface area contributed by atoms with E-state index < -0.39 is 30.3 Å². The van der Waals surface area contributed by atoms with Gasteiger partial charge in [0.2, 0.25) is 0 Å². The molecule has 0 aromatic carbocycles. The minimum absolute atomic E-state index is 0.0301. The number of hydrogen-bond donors (Lipinski definition) is 0. The molecule has 0 N–H and O–H groups in total. The average Bonchev–Trinajstić information content (AvgIpc) is 3.46. The number of piperidine rings is 1. The van der Waals surface area contributed by atoms with Crippen molar-refractivity contribution >= 4 is 28.3 Å². The zero-order valence-electron chi connectivity index (χ0n) is 18.1. The highest BCUT2D eigenvalue weighted by atomic mass is 32.1. The zero-order valence-corrected chi connectivity index (χ0v) is 18.9. The molecule has 0 bridgehead atoms. The maximum atomic E-state index is 16.0. The Morgan fingerprint density at radius 3 is 2.58 bits per heavy atom. The summed E-state index contributed by atoms with van der Waals surface area (Å²) >= 11 is 0.792. The lowest BCUT2D eigenvalue weighted by Crippen LogP contribution is -2.44. The number of rotatable bonds is 4. The van der Waals surface area contributed by atoms with Crippen LogP contribution >= 0.6 is 11.3 Å². The van der Waals surface area contributed by atoms with Crippen LogP contribution in [0.1, 0.15) is 23.5 Å². The normalized spacial score (nSPS) is 19.2. The van der Waals surface area contributed by atoms with Gasteiger partial charge in [0.25, 0.3) is 0 Å². The third-order valence-electron chi connectivity index (χ3n) is 5.50. The van der Waals surface area contributed by atoms with Gasteiger partial charge in [0.05, 0.1) is 18.9 Å². The summed E-state index contributed by atoms with van der Waals surface area (Å²) in [4.78, 5) is 13.4. The molecule has 36 heavy (non-hydrogen) atoms. The van der Waals surface area contributed by atoms with E-state index in [0.29, 0.717) is 17.6 Å². The molecule has 0 amide bonds. The number of aromatic nitrogens is 7. The van der Waals surface area contributed by atoms with Gasteiger partial charge in [-0.3, -0.25) is 0 Å². The van der Waals surface area contributed by atoms with E-state index in [4.69, 9.17) is 0 Å². The smallest absolute Gasteiger partial charge is 0.352 e. The van der Waals surface area contributed by atoms with E-state index >= 15 is 4.39 Å². The van der Waals surface area contributed by atoms with Crippen molar-refractivity contribution in [1.82, 2.24) is 34.9 Å². The molecule has 0 spiro atoms. The molecule has 4 aromatic rings. The topological polar surface area (TPSA) is 85.5 Å². The lowest BCUT2D eigenvalue weighted by Gasteiger charge is -2.36. The van der Waals surface area contributed by atoms with Crippen LogP contribution in [0.2, 0.25) is 0 Å². The summed E-state index contributed by atoms with van der Waals surface area (Å²) in [5.74, 6) is 0.164. The van der Waals surface area contributed by atoms with E-state index in [-0.39, 0.29) is 45.7 Å². The van der Waals surface area contributed by atoms with Gasteiger partial charge in [-0.25, -0.2) is 24.0 Å². The predicted molar refractivity (Wildman–Crippen MR) is 114 cm³/mol. The molecular weight excluding hydrogens is 517 g/mol. The molecule has 1 saturated heterocycles. The van der Waals surface area contributed by atoms with Gasteiger partial charge in [0.1, 0.15) is 29.3 Å². The molecule has 5 heterocycles. The average molecular weight is 532 g/mol. The second-order valence-electron chi connectivity index (χ2n) is 8.16. The summed E-state index contributed by atoms with van der Waals surface area (Å²) < 4.78 is 94.3. The molecule has 8 nitrogen and oxygen atoms in total. The number of pyridine rings is 1. The number of anilines is 1. The van der Waals surface area contributed by atoms with Crippen LogP contribution in [0.15, 0.2) is 30.6 Å². The van der Waals surface area contributed by atoms with Gasteiger partial charge in [-0.1, -0.05) is 17.4 Å². The lowest BCUT2D eigenvalue weighted by molar-refractivity contribution is -0.142. The molecule has 0 aliphatic carbocycles. The second kappa shape index (κ2) is 8.60. The molecule has 4 aromatic heterocycles. The van der Waals surface area contributed by atoms with Gasteiger partial charge in [0, 0.05) is 6.54 Å². The van der Waals surface area contributed by atoms with Crippen molar-refractivity contribution < 1.29 is 30.7 Å². The number of hydrogen-bond acceptors (Lipinski definition) is 8. The lowest BCUT2D eigenvalue weighted by atomic mass is 9.95.